The second-order valence-electron chi connectivity index (χ2n) is 6.36. The van der Waals surface area contributed by atoms with Gasteiger partial charge in [0.15, 0.2) is 11.5 Å². The van der Waals surface area contributed by atoms with Gasteiger partial charge in [0.05, 0.1) is 5.56 Å². The Labute approximate surface area is 181 Å². The Morgan fingerprint density at radius 2 is 1.87 bits per heavy atom. The topological polar surface area (TPSA) is 114 Å². The van der Waals surface area contributed by atoms with Crippen LogP contribution in [-0.2, 0) is 9.59 Å². The number of fused-ring (bicyclic) bond motifs is 1. The molecule has 1 aliphatic heterocycles. The number of amides is 2. The van der Waals surface area contributed by atoms with Crippen molar-refractivity contribution in [2.75, 3.05) is 13.3 Å². The van der Waals surface area contributed by atoms with E-state index in [4.69, 9.17) is 14.6 Å². The van der Waals surface area contributed by atoms with Crippen LogP contribution < -0.4 is 20.1 Å². The van der Waals surface area contributed by atoms with E-state index < -0.39 is 17.8 Å². The summed E-state index contributed by atoms with van der Waals surface area (Å²) < 4.78 is 11.2. The van der Waals surface area contributed by atoms with Crippen molar-refractivity contribution in [3.05, 3.63) is 63.8 Å². The van der Waals surface area contributed by atoms with Gasteiger partial charge < -0.3 is 25.2 Å². The van der Waals surface area contributed by atoms with Gasteiger partial charge >= 0.3 is 5.97 Å². The number of nitrogens with one attached hydrogen (secondary N) is 2. The summed E-state index contributed by atoms with van der Waals surface area (Å²) in [7, 11) is 0. The highest BCUT2D eigenvalue weighted by Gasteiger charge is 2.18. The Morgan fingerprint density at radius 1 is 1.10 bits per heavy atom. The maximum absolute atomic E-state index is 12.7. The molecule has 3 rings (SSSR count). The number of carboxylic acid groups (broad SMARTS) is 1. The van der Waals surface area contributed by atoms with E-state index in [1.807, 2.05) is 0 Å². The van der Waals surface area contributed by atoms with Crippen LogP contribution in [0.25, 0.3) is 6.08 Å². The van der Waals surface area contributed by atoms with Crippen LogP contribution in [0.4, 0.5) is 0 Å². The lowest BCUT2D eigenvalue weighted by molar-refractivity contribution is -0.137. The minimum absolute atomic E-state index is 0.0185. The van der Waals surface area contributed by atoms with Gasteiger partial charge in [0.1, 0.15) is 5.70 Å². The quantitative estimate of drug-likeness (QED) is 0.400. The average molecular weight is 475 g/mol. The monoisotopic (exact) mass is 474 g/mol. The molecular weight excluding hydrogens is 456 g/mol. The fraction of sp³-hybridized carbons (Fsp3) is 0.190. The van der Waals surface area contributed by atoms with E-state index >= 15 is 0 Å². The number of rotatable bonds is 8. The maximum Gasteiger partial charge on any atom is 0.303 e. The van der Waals surface area contributed by atoms with Gasteiger partial charge in [0.25, 0.3) is 11.8 Å². The molecule has 30 heavy (non-hydrogen) atoms. The molecule has 0 bridgehead atoms. The Kier molecular flexibility index (Phi) is 7.08. The van der Waals surface area contributed by atoms with E-state index in [0.717, 1.165) is 0 Å². The molecule has 8 nitrogen and oxygen atoms in total. The lowest BCUT2D eigenvalue weighted by Gasteiger charge is -2.12. The van der Waals surface area contributed by atoms with Crippen LogP contribution in [0.5, 0.6) is 11.5 Å². The first kappa shape index (κ1) is 21.4. The molecule has 0 fully saturated rings. The largest absolute Gasteiger partial charge is 0.481 e. The van der Waals surface area contributed by atoms with Crippen molar-refractivity contribution in [2.45, 2.75) is 12.8 Å². The van der Waals surface area contributed by atoms with Gasteiger partial charge in [0, 0.05) is 17.4 Å². The summed E-state index contributed by atoms with van der Waals surface area (Å²) in [6.45, 7) is 0.284. The van der Waals surface area contributed by atoms with Crippen molar-refractivity contribution < 1.29 is 29.0 Å². The first-order valence-electron chi connectivity index (χ1n) is 9.11. The molecule has 1 heterocycles. The number of halogens is 1. The molecule has 2 amide bonds. The van der Waals surface area contributed by atoms with E-state index in [0.29, 0.717) is 27.1 Å². The number of carbonyl (C=O) groups is 3. The average Bonchev–Trinajstić information content (AvgIpc) is 3.18. The van der Waals surface area contributed by atoms with Crippen LogP contribution in [0.1, 0.15) is 28.8 Å². The molecule has 9 heteroatoms. The molecule has 0 unspecified atom stereocenters. The molecule has 0 atom stereocenters. The third kappa shape index (κ3) is 5.60. The predicted octanol–water partition coefficient (Wildman–Crippen LogP) is 2.93. The van der Waals surface area contributed by atoms with Gasteiger partial charge in [0.2, 0.25) is 6.79 Å². The van der Waals surface area contributed by atoms with Crippen LogP contribution in [-0.4, -0.2) is 36.2 Å². The van der Waals surface area contributed by atoms with E-state index in [-0.39, 0.29) is 31.9 Å². The molecular formula is C21H19BrN2O6. The van der Waals surface area contributed by atoms with Gasteiger partial charge in [-0.1, -0.05) is 18.2 Å². The van der Waals surface area contributed by atoms with Crippen LogP contribution >= 0.6 is 15.9 Å². The summed E-state index contributed by atoms with van der Waals surface area (Å²) in [4.78, 5) is 36.0. The third-order valence-corrected chi connectivity index (χ3v) is 4.86. The van der Waals surface area contributed by atoms with E-state index in [1.165, 1.54) is 6.08 Å². The molecule has 0 radical (unpaired) electrons. The highest BCUT2D eigenvalue weighted by molar-refractivity contribution is 9.10. The smallest absolute Gasteiger partial charge is 0.303 e. The van der Waals surface area contributed by atoms with Crippen LogP contribution in [0.3, 0.4) is 0 Å². The van der Waals surface area contributed by atoms with Crippen LogP contribution in [0.2, 0.25) is 0 Å². The molecule has 0 spiro atoms. The number of hydrogen-bond acceptors (Lipinski definition) is 5. The molecule has 0 aromatic heterocycles. The minimum atomic E-state index is -0.942. The summed E-state index contributed by atoms with van der Waals surface area (Å²) in [6.07, 6.45) is 1.73. The summed E-state index contributed by atoms with van der Waals surface area (Å²) in [5.74, 6) is -0.789. The molecule has 1 aliphatic rings. The number of aliphatic carboxylic acids is 1. The molecule has 0 aliphatic carbocycles. The van der Waals surface area contributed by atoms with Crippen molar-refractivity contribution >= 4 is 39.8 Å². The summed E-state index contributed by atoms with van der Waals surface area (Å²) >= 11 is 3.32. The van der Waals surface area contributed by atoms with Gasteiger partial charge in [-0.2, -0.15) is 0 Å². The number of carboxylic acids is 1. The third-order valence-electron chi connectivity index (χ3n) is 4.17. The van der Waals surface area contributed by atoms with Gasteiger partial charge in [-0.25, -0.2) is 0 Å². The highest BCUT2D eigenvalue weighted by atomic mass is 79.9. The Bertz CT molecular complexity index is 1000. The van der Waals surface area contributed by atoms with Gasteiger partial charge in [-0.05, 0) is 58.3 Å². The maximum atomic E-state index is 12.7. The zero-order valence-electron chi connectivity index (χ0n) is 15.8. The first-order chi connectivity index (χ1) is 14.4. The fourth-order valence-corrected chi connectivity index (χ4v) is 3.16. The summed E-state index contributed by atoms with van der Waals surface area (Å²) in [6, 6.07) is 12.0. The van der Waals surface area contributed by atoms with Gasteiger partial charge in [-0.15, -0.1) is 0 Å². The Morgan fingerprint density at radius 3 is 2.63 bits per heavy atom. The van der Waals surface area contributed by atoms with Crippen molar-refractivity contribution in [3.8, 4) is 11.5 Å². The van der Waals surface area contributed by atoms with Crippen molar-refractivity contribution in [1.82, 2.24) is 10.6 Å². The van der Waals surface area contributed by atoms with E-state index in [9.17, 15) is 14.4 Å². The van der Waals surface area contributed by atoms with Crippen LogP contribution in [0, 0.1) is 0 Å². The van der Waals surface area contributed by atoms with Crippen molar-refractivity contribution in [2.24, 2.45) is 0 Å². The Balaban J connectivity index is 1.80. The second kappa shape index (κ2) is 9.93. The zero-order chi connectivity index (χ0) is 21.5. The van der Waals surface area contributed by atoms with Crippen LogP contribution in [0.15, 0.2) is 52.6 Å². The standard InChI is InChI=1S/C21H19BrN2O6/c22-15-5-2-1-4-14(15)20(27)24-16(21(28)23-9-3-6-19(25)26)10-13-7-8-17-18(11-13)30-12-29-17/h1-2,4-5,7-8,10-11H,3,6,9,12H2,(H,23,28)(H,24,27)(H,25,26)/b16-10+. The predicted molar refractivity (Wildman–Crippen MR) is 112 cm³/mol. The first-order valence-corrected chi connectivity index (χ1v) is 9.90. The molecule has 156 valence electrons. The highest BCUT2D eigenvalue weighted by Crippen LogP contribution is 2.33. The SMILES string of the molecule is O=C(O)CCCNC(=O)/C(=C\c1ccc2c(c1)OCO2)NC(=O)c1ccccc1Br. The van der Waals surface area contributed by atoms with Gasteiger partial charge in [-0.3, -0.25) is 14.4 Å². The molecule has 2 aromatic carbocycles. The van der Waals surface area contributed by atoms with E-state index in [2.05, 4.69) is 26.6 Å². The normalized spacial score (nSPS) is 12.4. The minimum Gasteiger partial charge on any atom is -0.481 e. The number of benzene rings is 2. The number of hydrogen-bond donors (Lipinski definition) is 3. The summed E-state index contributed by atoms with van der Waals surface area (Å²) in [5.41, 5.74) is 1.01. The number of carbonyl (C=O) groups excluding carboxylic acids is 2. The molecule has 0 saturated carbocycles. The summed E-state index contributed by atoms with van der Waals surface area (Å²) in [5, 5.41) is 14.0. The van der Waals surface area contributed by atoms with Crippen molar-refractivity contribution in [1.29, 1.82) is 0 Å². The Hall–Kier alpha value is -3.33. The van der Waals surface area contributed by atoms with Crippen molar-refractivity contribution in [3.63, 3.8) is 0 Å². The zero-order valence-corrected chi connectivity index (χ0v) is 17.4. The number of ether oxygens (including phenoxy) is 2. The molecule has 3 N–H and O–H groups in total. The lowest BCUT2D eigenvalue weighted by atomic mass is 10.1. The fourth-order valence-electron chi connectivity index (χ4n) is 2.70. The lowest BCUT2D eigenvalue weighted by Crippen LogP contribution is -2.35. The molecule has 2 aromatic rings. The molecule has 0 saturated heterocycles. The van der Waals surface area contributed by atoms with E-state index in [1.54, 1.807) is 42.5 Å². The second-order valence-corrected chi connectivity index (χ2v) is 7.21.